The van der Waals surface area contributed by atoms with Crippen LogP contribution in [-0.2, 0) is 11.3 Å². The quantitative estimate of drug-likeness (QED) is 0.800. The molecule has 0 saturated heterocycles. The van der Waals surface area contributed by atoms with Crippen molar-refractivity contribution in [2.75, 3.05) is 20.3 Å². The molecule has 0 bridgehead atoms. The molecule has 5 heteroatoms. The number of methoxy groups -OCH3 is 1. The van der Waals surface area contributed by atoms with Gasteiger partial charge in [-0.1, -0.05) is 6.07 Å². The van der Waals surface area contributed by atoms with Gasteiger partial charge in [0, 0.05) is 32.4 Å². The highest BCUT2D eigenvalue weighted by Gasteiger charge is 2.27. The van der Waals surface area contributed by atoms with E-state index in [0.29, 0.717) is 25.3 Å². The number of carboxylic acids is 1. The van der Waals surface area contributed by atoms with Crippen molar-refractivity contribution in [2.45, 2.75) is 13.0 Å². The second kappa shape index (κ2) is 5.18. The summed E-state index contributed by atoms with van der Waals surface area (Å²) >= 11 is 0. The lowest BCUT2D eigenvalue weighted by Crippen LogP contribution is -2.25. The van der Waals surface area contributed by atoms with E-state index in [2.05, 4.69) is 0 Å². The van der Waals surface area contributed by atoms with Crippen molar-refractivity contribution in [3.63, 3.8) is 0 Å². The maximum Gasteiger partial charge on any atom is 0.335 e. The Balaban J connectivity index is 2.13. The first-order chi connectivity index (χ1) is 8.63. The minimum absolute atomic E-state index is 0.0933. The highest BCUT2D eigenvalue weighted by molar-refractivity contribution is 6.00. The minimum Gasteiger partial charge on any atom is -0.478 e. The zero-order chi connectivity index (χ0) is 13.1. The number of carbonyl (C=O) groups is 2. The standard InChI is InChI=1S/C13H15NO4/c1-18-6-2-5-14-8-10-4-3-9(13(16)17)7-11(10)12(14)15/h3-4,7H,2,5-6,8H2,1H3,(H,16,17). The van der Waals surface area contributed by atoms with E-state index in [9.17, 15) is 9.59 Å². The third-order valence-electron chi connectivity index (χ3n) is 3.01. The summed E-state index contributed by atoms with van der Waals surface area (Å²) in [4.78, 5) is 24.6. The molecule has 1 aliphatic rings. The van der Waals surface area contributed by atoms with Gasteiger partial charge in [0.1, 0.15) is 0 Å². The van der Waals surface area contributed by atoms with E-state index in [-0.39, 0.29) is 11.5 Å². The molecule has 0 aromatic heterocycles. The number of carboxylic acid groups (broad SMARTS) is 1. The van der Waals surface area contributed by atoms with Crippen molar-refractivity contribution in [1.82, 2.24) is 4.90 Å². The summed E-state index contributed by atoms with van der Waals surface area (Å²) in [7, 11) is 1.62. The fraction of sp³-hybridized carbons (Fsp3) is 0.385. The lowest BCUT2D eigenvalue weighted by Gasteiger charge is -2.14. The molecule has 0 unspecified atom stereocenters. The molecule has 0 radical (unpaired) electrons. The predicted octanol–water partition coefficient (Wildman–Crippen LogP) is 1.38. The Hall–Kier alpha value is -1.88. The maximum absolute atomic E-state index is 12.1. The van der Waals surface area contributed by atoms with Gasteiger partial charge in [-0.25, -0.2) is 4.79 Å². The average Bonchev–Trinajstić information content (AvgIpc) is 2.66. The molecular weight excluding hydrogens is 234 g/mol. The Kier molecular flexibility index (Phi) is 3.62. The van der Waals surface area contributed by atoms with Gasteiger partial charge in [-0.05, 0) is 24.1 Å². The predicted molar refractivity (Wildman–Crippen MR) is 64.6 cm³/mol. The maximum atomic E-state index is 12.1. The highest BCUT2D eigenvalue weighted by Crippen LogP contribution is 2.24. The fourth-order valence-corrected chi connectivity index (χ4v) is 2.07. The molecule has 0 atom stereocenters. The molecule has 0 fully saturated rings. The zero-order valence-corrected chi connectivity index (χ0v) is 10.2. The number of nitrogens with zero attached hydrogens (tertiary/aromatic N) is 1. The molecule has 1 aromatic carbocycles. The fourth-order valence-electron chi connectivity index (χ4n) is 2.07. The first kappa shape index (κ1) is 12.6. The van der Waals surface area contributed by atoms with Crippen molar-refractivity contribution in [1.29, 1.82) is 0 Å². The van der Waals surface area contributed by atoms with Crippen molar-refractivity contribution >= 4 is 11.9 Å². The van der Waals surface area contributed by atoms with Crippen LogP contribution in [0.2, 0.25) is 0 Å². The summed E-state index contributed by atoms with van der Waals surface area (Å²) in [5.74, 6) is -1.10. The molecule has 18 heavy (non-hydrogen) atoms. The van der Waals surface area contributed by atoms with Crippen LogP contribution in [-0.4, -0.2) is 42.1 Å². The number of benzene rings is 1. The lowest BCUT2D eigenvalue weighted by molar-refractivity contribution is 0.0697. The summed E-state index contributed by atoms with van der Waals surface area (Å²) < 4.78 is 4.95. The SMILES string of the molecule is COCCCN1Cc2ccc(C(=O)O)cc2C1=O. The van der Waals surface area contributed by atoms with Gasteiger partial charge in [0.15, 0.2) is 0 Å². The average molecular weight is 249 g/mol. The highest BCUT2D eigenvalue weighted by atomic mass is 16.5. The van der Waals surface area contributed by atoms with Crippen molar-refractivity contribution < 1.29 is 19.4 Å². The summed E-state index contributed by atoms with van der Waals surface area (Å²) in [5, 5.41) is 8.90. The number of hydrogen-bond acceptors (Lipinski definition) is 3. The van der Waals surface area contributed by atoms with E-state index in [1.165, 1.54) is 12.1 Å². The summed E-state index contributed by atoms with van der Waals surface area (Å²) in [6.07, 6.45) is 0.780. The van der Waals surface area contributed by atoms with Crippen molar-refractivity contribution in [3.05, 3.63) is 34.9 Å². The number of carbonyl (C=O) groups excluding carboxylic acids is 1. The molecule has 1 heterocycles. The Morgan fingerprint density at radius 3 is 2.94 bits per heavy atom. The number of hydrogen-bond donors (Lipinski definition) is 1. The van der Waals surface area contributed by atoms with Crippen LogP contribution in [0.25, 0.3) is 0 Å². The minimum atomic E-state index is -1.01. The van der Waals surface area contributed by atoms with Crippen LogP contribution in [0, 0.1) is 0 Å². The van der Waals surface area contributed by atoms with Crippen LogP contribution >= 0.6 is 0 Å². The number of aromatic carboxylic acids is 1. The van der Waals surface area contributed by atoms with Gasteiger partial charge >= 0.3 is 5.97 Å². The van der Waals surface area contributed by atoms with E-state index in [1.807, 2.05) is 0 Å². The molecule has 1 amide bonds. The third kappa shape index (κ3) is 2.36. The summed E-state index contributed by atoms with van der Waals surface area (Å²) in [6, 6.07) is 4.70. The molecule has 96 valence electrons. The Labute approximate surface area is 105 Å². The van der Waals surface area contributed by atoms with E-state index in [4.69, 9.17) is 9.84 Å². The summed E-state index contributed by atoms with van der Waals surface area (Å²) in [6.45, 7) is 1.79. The monoisotopic (exact) mass is 249 g/mol. The van der Waals surface area contributed by atoms with Gasteiger partial charge in [-0.15, -0.1) is 0 Å². The first-order valence-corrected chi connectivity index (χ1v) is 5.78. The van der Waals surface area contributed by atoms with E-state index >= 15 is 0 Å². The van der Waals surface area contributed by atoms with Crippen LogP contribution in [0.5, 0.6) is 0 Å². The lowest BCUT2D eigenvalue weighted by atomic mass is 10.1. The van der Waals surface area contributed by atoms with Crippen LogP contribution in [0.3, 0.4) is 0 Å². The number of amides is 1. The topological polar surface area (TPSA) is 66.8 Å². The molecule has 5 nitrogen and oxygen atoms in total. The number of ether oxygens (including phenoxy) is 1. The van der Waals surface area contributed by atoms with E-state index in [0.717, 1.165) is 12.0 Å². The van der Waals surface area contributed by atoms with Crippen molar-refractivity contribution in [3.8, 4) is 0 Å². The third-order valence-corrected chi connectivity index (χ3v) is 3.01. The van der Waals surface area contributed by atoms with Gasteiger partial charge in [0.25, 0.3) is 5.91 Å². The number of fused-ring (bicyclic) bond motifs is 1. The van der Waals surface area contributed by atoms with E-state index < -0.39 is 5.97 Å². The zero-order valence-electron chi connectivity index (χ0n) is 10.2. The Morgan fingerprint density at radius 2 is 2.28 bits per heavy atom. The Bertz CT molecular complexity index is 484. The van der Waals surface area contributed by atoms with Crippen LogP contribution in [0.15, 0.2) is 18.2 Å². The van der Waals surface area contributed by atoms with Gasteiger partial charge in [0.05, 0.1) is 5.56 Å². The van der Waals surface area contributed by atoms with Gasteiger partial charge in [-0.2, -0.15) is 0 Å². The molecule has 1 N–H and O–H groups in total. The largest absolute Gasteiger partial charge is 0.478 e. The molecule has 2 rings (SSSR count). The van der Waals surface area contributed by atoms with Gasteiger partial charge < -0.3 is 14.7 Å². The van der Waals surface area contributed by atoms with Crippen molar-refractivity contribution in [2.24, 2.45) is 0 Å². The van der Waals surface area contributed by atoms with Crippen LogP contribution in [0.4, 0.5) is 0 Å². The summed E-state index contributed by atoms with van der Waals surface area (Å²) in [5.41, 5.74) is 1.55. The van der Waals surface area contributed by atoms with Crippen LogP contribution < -0.4 is 0 Å². The second-order valence-electron chi connectivity index (χ2n) is 4.25. The molecule has 1 aliphatic heterocycles. The first-order valence-electron chi connectivity index (χ1n) is 5.78. The molecular formula is C13H15NO4. The Morgan fingerprint density at radius 1 is 1.50 bits per heavy atom. The second-order valence-corrected chi connectivity index (χ2v) is 4.25. The molecule has 0 saturated carbocycles. The number of rotatable bonds is 5. The van der Waals surface area contributed by atoms with E-state index in [1.54, 1.807) is 18.1 Å². The van der Waals surface area contributed by atoms with Gasteiger partial charge in [0.2, 0.25) is 0 Å². The smallest absolute Gasteiger partial charge is 0.335 e. The normalized spacial score (nSPS) is 13.8. The molecule has 1 aromatic rings. The molecule has 0 aliphatic carbocycles. The van der Waals surface area contributed by atoms with Crippen LogP contribution in [0.1, 0.15) is 32.7 Å². The van der Waals surface area contributed by atoms with Gasteiger partial charge in [-0.3, -0.25) is 4.79 Å². The molecule has 0 spiro atoms.